The van der Waals surface area contributed by atoms with Crippen molar-refractivity contribution in [3.8, 4) is 0 Å². The fourth-order valence-corrected chi connectivity index (χ4v) is 4.89. The number of nitrogens with zero attached hydrogens (tertiary/aromatic N) is 3. The Bertz CT molecular complexity index is 888. The number of carbonyl (C=O) groups excluding carboxylic acids is 2. The van der Waals surface area contributed by atoms with E-state index >= 15 is 0 Å². The molecule has 0 aliphatic carbocycles. The molecule has 1 aliphatic heterocycles. The van der Waals surface area contributed by atoms with Crippen LogP contribution in [0.4, 0.5) is 0 Å². The van der Waals surface area contributed by atoms with E-state index in [1.54, 1.807) is 12.1 Å². The van der Waals surface area contributed by atoms with Crippen molar-refractivity contribution in [1.82, 2.24) is 14.9 Å². The Morgan fingerprint density at radius 1 is 1.10 bits per heavy atom. The third kappa shape index (κ3) is 5.59. The highest BCUT2D eigenvalue weighted by Crippen LogP contribution is 2.24. The lowest BCUT2D eigenvalue weighted by Gasteiger charge is -2.38. The van der Waals surface area contributed by atoms with Crippen LogP contribution in [-0.4, -0.2) is 45.4 Å². The van der Waals surface area contributed by atoms with Gasteiger partial charge in [-0.1, -0.05) is 30.0 Å². The zero-order valence-corrected chi connectivity index (χ0v) is 18.9. The molecule has 1 amide bonds. The van der Waals surface area contributed by atoms with Gasteiger partial charge in [0.25, 0.3) is 5.91 Å². The molecule has 0 bridgehead atoms. The molecule has 1 aromatic carbocycles. The molecule has 30 heavy (non-hydrogen) atoms. The van der Waals surface area contributed by atoms with Gasteiger partial charge in [-0.25, -0.2) is 14.8 Å². The van der Waals surface area contributed by atoms with Crippen molar-refractivity contribution in [1.29, 1.82) is 0 Å². The predicted molar refractivity (Wildman–Crippen MR) is 117 cm³/mol. The lowest BCUT2D eigenvalue weighted by molar-refractivity contribution is -0.140. The number of thioether (sulfide) groups is 1. The number of aryl methyl sites for hydroxylation is 2. The minimum absolute atomic E-state index is 0.126. The van der Waals surface area contributed by atoms with Crippen LogP contribution in [0, 0.1) is 13.8 Å². The van der Waals surface area contributed by atoms with Gasteiger partial charge >= 0.3 is 5.97 Å². The number of likely N-dealkylation sites (tertiary alicyclic amines) is 1. The maximum atomic E-state index is 12.7. The number of hydrogen-bond acceptors (Lipinski definition) is 6. The van der Waals surface area contributed by atoms with Crippen LogP contribution in [0.2, 0.25) is 0 Å². The Morgan fingerprint density at radius 2 is 1.73 bits per heavy atom. The summed E-state index contributed by atoms with van der Waals surface area (Å²) < 4.78 is 5.40. The smallest absolute Gasteiger partial charge is 0.338 e. The van der Waals surface area contributed by atoms with Crippen LogP contribution in [-0.2, 0) is 15.3 Å². The first-order valence-corrected chi connectivity index (χ1v) is 11.3. The average Bonchev–Trinajstić information content (AvgIpc) is 2.70. The second-order valence-corrected chi connectivity index (χ2v) is 8.83. The van der Waals surface area contributed by atoms with Crippen molar-refractivity contribution in [3.63, 3.8) is 0 Å². The summed E-state index contributed by atoms with van der Waals surface area (Å²) in [5.74, 6) is -0.0563. The van der Waals surface area contributed by atoms with Gasteiger partial charge < -0.3 is 9.64 Å². The Balaban J connectivity index is 1.63. The summed E-state index contributed by atoms with van der Waals surface area (Å²) in [5, 5.41) is 0.680. The highest BCUT2D eigenvalue weighted by atomic mass is 32.2. The third-order valence-corrected chi connectivity index (χ3v) is 6.26. The van der Waals surface area contributed by atoms with Crippen LogP contribution in [0.1, 0.15) is 60.4 Å². The highest BCUT2D eigenvalue weighted by Gasteiger charge is 2.29. The molecular formula is C23H29N3O3S. The van der Waals surface area contributed by atoms with E-state index in [1.165, 1.54) is 11.8 Å². The Hall–Kier alpha value is -2.41. The molecule has 1 saturated heterocycles. The van der Waals surface area contributed by atoms with E-state index < -0.39 is 5.97 Å². The van der Waals surface area contributed by atoms with Gasteiger partial charge in [0.15, 0.2) is 11.8 Å². The Kier molecular flexibility index (Phi) is 7.48. The normalized spacial score (nSPS) is 18.9. The lowest BCUT2D eigenvalue weighted by Crippen LogP contribution is -2.49. The molecule has 2 aromatic rings. The molecule has 1 aromatic heterocycles. The monoisotopic (exact) mass is 427 g/mol. The van der Waals surface area contributed by atoms with Gasteiger partial charge in [0.1, 0.15) is 0 Å². The number of ether oxygens (including phenoxy) is 1. The summed E-state index contributed by atoms with van der Waals surface area (Å²) in [4.78, 5) is 36.1. The van der Waals surface area contributed by atoms with E-state index in [9.17, 15) is 9.59 Å². The van der Waals surface area contributed by atoms with Crippen molar-refractivity contribution in [2.45, 2.75) is 70.0 Å². The molecule has 3 rings (SSSR count). The maximum absolute atomic E-state index is 12.7. The highest BCUT2D eigenvalue weighted by molar-refractivity contribution is 7.98. The van der Waals surface area contributed by atoms with Gasteiger partial charge in [0.05, 0.1) is 5.56 Å². The molecule has 2 heterocycles. The first-order chi connectivity index (χ1) is 14.3. The van der Waals surface area contributed by atoms with Crippen LogP contribution in [0.5, 0.6) is 0 Å². The molecule has 0 radical (unpaired) electrons. The summed E-state index contributed by atoms with van der Waals surface area (Å²) in [7, 11) is 0. The van der Waals surface area contributed by atoms with E-state index in [-0.39, 0.29) is 24.6 Å². The number of aromatic nitrogens is 2. The average molecular weight is 428 g/mol. The molecule has 0 N–H and O–H groups in total. The van der Waals surface area contributed by atoms with Crippen LogP contribution >= 0.6 is 11.8 Å². The summed E-state index contributed by atoms with van der Waals surface area (Å²) >= 11 is 1.48. The van der Waals surface area contributed by atoms with E-state index in [0.717, 1.165) is 36.2 Å². The maximum Gasteiger partial charge on any atom is 0.338 e. The number of carbonyl (C=O) groups is 2. The van der Waals surface area contributed by atoms with Crippen molar-refractivity contribution in [2.75, 3.05) is 6.61 Å². The first-order valence-electron chi connectivity index (χ1n) is 10.4. The van der Waals surface area contributed by atoms with Gasteiger partial charge in [-0.3, -0.25) is 4.79 Å². The minimum atomic E-state index is -0.474. The molecule has 7 heteroatoms. The van der Waals surface area contributed by atoms with Crippen molar-refractivity contribution < 1.29 is 14.3 Å². The minimum Gasteiger partial charge on any atom is -0.452 e. The second kappa shape index (κ2) is 10.1. The number of hydrogen-bond donors (Lipinski definition) is 0. The van der Waals surface area contributed by atoms with Gasteiger partial charge in [-0.15, -0.1) is 0 Å². The second-order valence-electron chi connectivity index (χ2n) is 7.89. The molecule has 1 fully saturated rings. The third-order valence-electron chi connectivity index (χ3n) is 5.36. The zero-order valence-electron chi connectivity index (χ0n) is 18.1. The van der Waals surface area contributed by atoms with Crippen molar-refractivity contribution >= 4 is 23.6 Å². The van der Waals surface area contributed by atoms with E-state index in [1.807, 2.05) is 36.9 Å². The molecule has 0 unspecified atom stereocenters. The zero-order chi connectivity index (χ0) is 21.7. The van der Waals surface area contributed by atoms with Gasteiger partial charge in [-0.05, 0) is 64.7 Å². The molecule has 6 nitrogen and oxygen atoms in total. The van der Waals surface area contributed by atoms with Gasteiger partial charge in [0.2, 0.25) is 0 Å². The predicted octanol–water partition coefficient (Wildman–Crippen LogP) is 4.33. The summed E-state index contributed by atoms with van der Waals surface area (Å²) in [5.41, 5.74) is 3.14. The SMILES string of the molecule is Cc1cc(C)nc(SCc2ccccc2C(=O)OCC(=O)N2[C@H](C)CCC[C@H]2C)n1. The van der Waals surface area contributed by atoms with Gasteiger partial charge in [0, 0.05) is 29.2 Å². The topological polar surface area (TPSA) is 72.4 Å². The van der Waals surface area contributed by atoms with Gasteiger partial charge in [-0.2, -0.15) is 0 Å². The summed E-state index contributed by atoms with van der Waals surface area (Å²) in [6.07, 6.45) is 3.11. The standard InChI is InChI=1S/C23H29N3O3S/c1-15-12-16(2)25-23(24-15)30-14-19-10-5-6-11-20(19)22(28)29-13-21(27)26-17(3)8-7-9-18(26)4/h5-6,10-12,17-18H,7-9,13-14H2,1-4H3/t17-,18-/m1/s1. The quantitative estimate of drug-likeness (QED) is 0.388. The molecule has 0 saturated carbocycles. The Labute approximate surface area is 182 Å². The van der Waals surface area contributed by atoms with Crippen LogP contribution in [0.3, 0.4) is 0 Å². The van der Waals surface area contributed by atoms with Crippen LogP contribution in [0.15, 0.2) is 35.5 Å². The van der Waals surface area contributed by atoms with Crippen LogP contribution < -0.4 is 0 Å². The van der Waals surface area contributed by atoms with E-state index in [4.69, 9.17) is 4.74 Å². The largest absolute Gasteiger partial charge is 0.452 e. The number of esters is 1. The molecular weight excluding hydrogens is 398 g/mol. The first kappa shape index (κ1) is 22.3. The molecule has 1 aliphatic rings. The van der Waals surface area contributed by atoms with Crippen molar-refractivity contribution in [2.24, 2.45) is 0 Å². The van der Waals surface area contributed by atoms with Crippen molar-refractivity contribution in [3.05, 3.63) is 52.8 Å². The summed E-state index contributed by atoms with van der Waals surface area (Å²) in [6.45, 7) is 7.75. The molecule has 0 spiro atoms. The van der Waals surface area contributed by atoms with E-state index in [2.05, 4.69) is 23.8 Å². The fourth-order valence-electron chi connectivity index (χ4n) is 3.94. The Morgan fingerprint density at radius 3 is 2.40 bits per heavy atom. The van der Waals surface area contributed by atoms with Crippen LogP contribution in [0.25, 0.3) is 0 Å². The number of rotatable bonds is 6. The fraction of sp³-hybridized carbons (Fsp3) is 0.478. The molecule has 160 valence electrons. The van der Waals surface area contributed by atoms with E-state index in [0.29, 0.717) is 16.5 Å². The molecule has 2 atom stereocenters. The number of piperidine rings is 1. The number of amides is 1. The number of benzene rings is 1. The lowest BCUT2D eigenvalue weighted by atomic mass is 9.97. The summed E-state index contributed by atoms with van der Waals surface area (Å²) in [6, 6.07) is 9.60.